The van der Waals surface area contributed by atoms with Crippen LogP contribution in [0.3, 0.4) is 0 Å². The van der Waals surface area contributed by atoms with Gasteiger partial charge in [0.15, 0.2) is 0 Å². The molecule has 0 N–H and O–H groups in total. The largest absolute Gasteiger partial charge is 0.489 e. The van der Waals surface area contributed by atoms with Gasteiger partial charge in [-0.25, -0.2) is 0 Å². The molecule has 12 heavy (non-hydrogen) atoms. The van der Waals surface area contributed by atoms with Crippen molar-refractivity contribution < 1.29 is 4.74 Å². The van der Waals surface area contributed by atoms with Crippen LogP contribution in [0, 0.1) is 7.11 Å². The highest BCUT2D eigenvalue weighted by Crippen LogP contribution is 2.23. The minimum absolute atomic E-state index is 0.787. The summed E-state index contributed by atoms with van der Waals surface area (Å²) in [6.45, 7) is 0. The van der Waals surface area contributed by atoms with E-state index >= 15 is 0 Å². The van der Waals surface area contributed by atoms with Gasteiger partial charge in [-0.1, -0.05) is 12.1 Å². The average Bonchev–Trinajstić information content (AvgIpc) is 2.17. The zero-order chi connectivity index (χ0) is 8.39. The second kappa shape index (κ2) is 2.81. The van der Waals surface area contributed by atoms with Crippen molar-refractivity contribution in [2.24, 2.45) is 0 Å². The van der Waals surface area contributed by atoms with Crippen LogP contribution < -0.4 is 4.74 Å². The average molecular weight is 158 g/mol. The second-order valence-corrected chi connectivity index (χ2v) is 2.50. The number of hydrogen-bond acceptors (Lipinski definition) is 2. The number of fused-ring (bicyclic) bond motifs is 1. The molecule has 0 fully saturated rings. The molecule has 2 nitrogen and oxygen atoms in total. The lowest BCUT2D eigenvalue weighted by molar-refractivity contribution is 0.478. The standard InChI is InChI=1S/C10H8NO/c1-12-10-4-2-3-8-7-11-6-5-9(8)10/h2-7H,1H2. The van der Waals surface area contributed by atoms with E-state index in [9.17, 15) is 0 Å². The van der Waals surface area contributed by atoms with Crippen molar-refractivity contribution in [3.05, 3.63) is 43.8 Å². The van der Waals surface area contributed by atoms with Gasteiger partial charge in [-0.15, -0.1) is 0 Å². The molecule has 0 aliphatic carbocycles. The smallest absolute Gasteiger partial charge is 0.127 e. The molecule has 0 spiro atoms. The summed E-state index contributed by atoms with van der Waals surface area (Å²) in [5, 5.41) is 2.11. The highest BCUT2D eigenvalue weighted by atomic mass is 16.5. The zero-order valence-electron chi connectivity index (χ0n) is 6.53. The molecule has 2 heteroatoms. The predicted octanol–water partition coefficient (Wildman–Crippen LogP) is 2.41. The Morgan fingerprint density at radius 1 is 1.25 bits per heavy atom. The molecule has 59 valence electrons. The van der Waals surface area contributed by atoms with E-state index in [2.05, 4.69) is 12.1 Å². The minimum atomic E-state index is 0.787. The summed E-state index contributed by atoms with van der Waals surface area (Å²) < 4.78 is 4.95. The molecule has 0 aliphatic rings. The quantitative estimate of drug-likeness (QED) is 0.635. The van der Waals surface area contributed by atoms with Gasteiger partial charge < -0.3 is 4.74 Å². The number of ether oxygens (including phenoxy) is 1. The number of rotatable bonds is 1. The van der Waals surface area contributed by atoms with Crippen LogP contribution in [-0.2, 0) is 0 Å². The number of nitrogens with zero attached hydrogens (tertiary/aromatic N) is 1. The molecule has 1 aromatic carbocycles. The Labute approximate surface area is 70.8 Å². The third kappa shape index (κ3) is 1.01. The maximum absolute atomic E-state index is 4.95. The predicted molar refractivity (Wildman–Crippen MR) is 47.7 cm³/mol. The van der Waals surface area contributed by atoms with E-state index in [1.165, 1.54) is 0 Å². The van der Waals surface area contributed by atoms with E-state index in [-0.39, 0.29) is 0 Å². The first-order chi connectivity index (χ1) is 5.92. The van der Waals surface area contributed by atoms with E-state index in [4.69, 9.17) is 4.74 Å². The van der Waals surface area contributed by atoms with Crippen molar-refractivity contribution in [1.82, 2.24) is 4.98 Å². The molecule has 0 bridgehead atoms. The molecule has 1 radical (unpaired) electrons. The number of pyridine rings is 1. The summed E-state index contributed by atoms with van der Waals surface area (Å²) >= 11 is 0. The zero-order valence-corrected chi connectivity index (χ0v) is 6.53. The van der Waals surface area contributed by atoms with Gasteiger partial charge >= 0.3 is 0 Å². The summed E-state index contributed by atoms with van der Waals surface area (Å²) in [6, 6.07) is 7.71. The first-order valence-corrected chi connectivity index (χ1v) is 3.66. The van der Waals surface area contributed by atoms with Gasteiger partial charge in [0, 0.05) is 23.2 Å². The Morgan fingerprint density at radius 2 is 2.17 bits per heavy atom. The Bertz CT molecular complexity index is 392. The van der Waals surface area contributed by atoms with Gasteiger partial charge in [-0.2, -0.15) is 0 Å². The summed E-state index contributed by atoms with van der Waals surface area (Å²) in [7, 11) is 3.39. The molecule has 0 amide bonds. The van der Waals surface area contributed by atoms with Crippen LogP contribution in [0.4, 0.5) is 0 Å². The topological polar surface area (TPSA) is 22.1 Å². The van der Waals surface area contributed by atoms with Crippen molar-refractivity contribution >= 4 is 10.8 Å². The van der Waals surface area contributed by atoms with E-state index in [1.54, 1.807) is 12.4 Å². The molecule has 1 aromatic heterocycles. The van der Waals surface area contributed by atoms with Crippen molar-refractivity contribution in [3.63, 3.8) is 0 Å². The van der Waals surface area contributed by atoms with Gasteiger partial charge in [-0.05, 0) is 12.1 Å². The van der Waals surface area contributed by atoms with Crippen LogP contribution in [0.15, 0.2) is 36.7 Å². The monoisotopic (exact) mass is 158 g/mol. The summed E-state index contributed by atoms with van der Waals surface area (Å²) in [4.78, 5) is 4.01. The Kier molecular flexibility index (Phi) is 1.67. The lowest BCUT2D eigenvalue weighted by Gasteiger charge is -2.02. The molecule has 0 saturated carbocycles. The van der Waals surface area contributed by atoms with Crippen molar-refractivity contribution in [3.8, 4) is 5.75 Å². The fraction of sp³-hybridized carbons (Fsp3) is 0. The van der Waals surface area contributed by atoms with Crippen LogP contribution in [-0.4, -0.2) is 4.98 Å². The van der Waals surface area contributed by atoms with Crippen LogP contribution in [0.5, 0.6) is 5.75 Å². The molecule has 2 rings (SSSR count). The Hall–Kier alpha value is -1.57. The molecule has 1 heterocycles. The number of hydrogen-bond donors (Lipinski definition) is 0. The van der Waals surface area contributed by atoms with Crippen LogP contribution in [0.2, 0.25) is 0 Å². The first kappa shape index (κ1) is 7.10. The van der Waals surface area contributed by atoms with Crippen molar-refractivity contribution in [2.75, 3.05) is 0 Å². The molecular weight excluding hydrogens is 150 g/mol. The lowest BCUT2D eigenvalue weighted by Crippen LogP contribution is -1.81. The fourth-order valence-corrected chi connectivity index (χ4v) is 1.22. The SMILES string of the molecule is [CH2]Oc1cccc2cnccc12. The van der Waals surface area contributed by atoms with E-state index < -0.39 is 0 Å². The molecule has 0 saturated heterocycles. The third-order valence-corrected chi connectivity index (χ3v) is 1.80. The molecule has 0 atom stereocenters. The van der Waals surface area contributed by atoms with E-state index in [0.29, 0.717) is 0 Å². The molecule has 2 aromatic rings. The fourth-order valence-electron chi connectivity index (χ4n) is 1.22. The van der Waals surface area contributed by atoms with Crippen LogP contribution in [0.25, 0.3) is 10.8 Å². The van der Waals surface area contributed by atoms with Gasteiger partial charge in [0.1, 0.15) is 12.9 Å². The second-order valence-electron chi connectivity index (χ2n) is 2.50. The summed E-state index contributed by atoms with van der Waals surface area (Å²) in [5.74, 6) is 0.787. The third-order valence-electron chi connectivity index (χ3n) is 1.80. The van der Waals surface area contributed by atoms with Gasteiger partial charge in [0.25, 0.3) is 0 Å². The van der Waals surface area contributed by atoms with E-state index in [0.717, 1.165) is 16.5 Å². The molecule has 0 unspecified atom stereocenters. The lowest BCUT2D eigenvalue weighted by atomic mass is 10.2. The van der Waals surface area contributed by atoms with Gasteiger partial charge in [0.05, 0.1) is 0 Å². The Morgan fingerprint density at radius 3 is 3.00 bits per heavy atom. The summed E-state index contributed by atoms with van der Waals surface area (Å²) in [5.41, 5.74) is 0. The van der Waals surface area contributed by atoms with Crippen LogP contribution in [0.1, 0.15) is 0 Å². The molecule has 0 aliphatic heterocycles. The first-order valence-electron chi connectivity index (χ1n) is 3.66. The van der Waals surface area contributed by atoms with E-state index in [1.807, 2.05) is 24.3 Å². The minimum Gasteiger partial charge on any atom is -0.489 e. The van der Waals surface area contributed by atoms with Crippen molar-refractivity contribution in [2.45, 2.75) is 0 Å². The normalized spacial score (nSPS) is 10.1. The highest BCUT2D eigenvalue weighted by molar-refractivity contribution is 5.87. The maximum atomic E-state index is 4.95. The molecular formula is C10H8NO. The van der Waals surface area contributed by atoms with Crippen molar-refractivity contribution in [1.29, 1.82) is 0 Å². The number of aromatic nitrogens is 1. The number of benzene rings is 1. The van der Waals surface area contributed by atoms with Crippen LogP contribution >= 0.6 is 0 Å². The van der Waals surface area contributed by atoms with Gasteiger partial charge in [0.2, 0.25) is 0 Å². The Balaban J connectivity index is 2.79. The highest BCUT2D eigenvalue weighted by Gasteiger charge is 1.97. The summed E-state index contributed by atoms with van der Waals surface area (Å²) in [6.07, 6.45) is 3.54. The maximum Gasteiger partial charge on any atom is 0.127 e. The van der Waals surface area contributed by atoms with Gasteiger partial charge in [-0.3, -0.25) is 4.98 Å².